The first-order valence-corrected chi connectivity index (χ1v) is 6.94. The second-order valence-electron chi connectivity index (χ2n) is 5.54. The standard InChI is InChI=1S/C13H22N4O4/c1-5-7-9-11(17(20)21)10(15-14-9)12(18)16(6-2)8-13(3,4)19/h19H,5-8H2,1-4H3,(H,14,15). The average Bonchev–Trinajstić information content (AvgIpc) is 2.78. The number of carbonyl (C=O) groups is 1. The van der Waals surface area contributed by atoms with E-state index in [0.29, 0.717) is 25.1 Å². The Kier molecular flexibility index (Phi) is 5.42. The maximum atomic E-state index is 12.4. The minimum atomic E-state index is -1.08. The summed E-state index contributed by atoms with van der Waals surface area (Å²) < 4.78 is 0. The summed E-state index contributed by atoms with van der Waals surface area (Å²) in [5.74, 6) is -0.551. The molecule has 0 aliphatic heterocycles. The molecule has 1 aromatic rings. The number of aromatic nitrogens is 2. The highest BCUT2D eigenvalue weighted by Gasteiger charge is 2.32. The summed E-state index contributed by atoms with van der Waals surface area (Å²) in [6, 6.07) is 0. The van der Waals surface area contributed by atoms with E-state index in [1.807, 2.05) is 6.92 Å². The molecule has 0 atom stereocenters. The summed E-state index contributed by atoms with van der Waals surface area (Å²) in [5.41, 5.74) is -1.20. The fourth-order valence-electron chi connectivity index (χ4n) is 2.09. The van der Waals surface area contributed by atoms with Crippen LogP contribution in [0, 0.1) is 10.1 Å². The number of hydrogen-bond donors (Lipinski definition) is 2. The van der Waals surface area contributed by atoms with Crippen LogP contribution in [-0.2, 0) is 6.42 Å². The number of carbonyl (C=O) groups excluding carboxylic acids is 1. The van der Waals surface area contributed by atoms with Crippen LogP contribution in [0.4, 0.5) is 5.69 Å². The van der Waals surface area contributed by atoms with Crippen LogP contribution in [0.15, 0.2) is 0 Å². The Balaban J connectivity index is 3.14. The van der Waals surface area contributed by atoms with E-state index < -0.39 is 16.4 Å². The first kappa shape index (κ1) is 17.1. The van der Waals surface area contributed by atoms with E-state index in [1.54, 1.807) is 20.8 Å². The van der Waals surface area contributed by atoms with Gasteiger partial charge in [0, 0.05) is 13.1 Å². The molecule has 0 saturated heterocycles. The lowest BCUT2D eigenvalue weighted by Gasteiger charge is -2.27. The van der Waals surface area contributed by atoms with E-state index in [-0.39, 0.29) is 17.9 Å². The average molecular weight is 298 g/mol. The van der Waals surface area contributed by atoms with Gasteiger partial charge in [-0.05, 0) is 27.2 Å². The molecule has 0 aliphatic rings. The number of likely N-dealkylation sites (N-methyl/N-ethyl adjacent to an activating group) is 1. The predicted molar refractivity (Wildman–Crippen MR) is 77.1 cm³/mol. The normalized spacial score (nSPS) is 11.5. The van der Waals surface area contributed by atoms with Crippen molar-refractivity contribution in [3.05, 3.63) is 21.5 Å². The molecule has 0 fully saturated rings. The first-order valence-electron chi connectivity index (χ1n) is 6.94. The molecular formula is C13H22N4O4. The molecule has 0 spiro atoms. The Bertz CT molecular complexity index is 519. The molecule has 2 N–H and O–H groups in total. The molecule has 8 heteroatoms. The van der Waals surface area contributed by atoms with Crippen molar-refractivity contribution >= 4 is 11.6 Å². The van der Waals surface area contributed by atoms with E-state index >= 15 is 0 Å². The molecule has 1 aromatic heterocycles. The molecule has 0 bridgehead atoms. The topological polar surface area (TPSA) is 112 Å². The van der Waals surface area contributed by atoms with Gasteiger partial charge in [0.2, 0.25) is 5.69 Å². The first-order chi connectivity index (χ1) is 9.71. The van der Waals surface area contributed by atoms with Crippen molar-refractivity contribution in [3.63, 3.8) is 0 Å². The Hall–Kier alpha value is -1.96. The summed E-state index contributed by atoms with van der Waals surface area (Å²) in [6.45, 7) is 7.19. The number of amides is 1. The number of rotatable bonds is 7. The van der Waals surface area contributed by atoms with E-state index in [1.165, 1.54) is 4.90 Å². The van der Waals surface area contributed by atoms with Crippen LogP contribution in [0.3, 0.4) is 0 Å². The smallest absolute Gasteiger partial charge is 0.322 e. The monoisotopic (exact) mass is 298 g/mol. The maximum absolute atomic E-state index is 12.4. The second-order valence-corrected chi connectivity index (χ2v) is 5.54. The van der Waals surface area contributed by atoms with Gasteiger partial charge in [-0.15, -0.1) is 0 Å². The van der Waals surface area contributed by atoms with Crippen molar-refractivity contribution < 1.29 is 14.8 Å². The van der Waals surface area contributed by atoms with Crippen LogP contribution in [0.25, 0.3) is 0 Å². The molecule has 8 nitrogen and oxygen atoms in total. The van der Waals surface area contributed by atoms with Gasteiger partial charge in [0.15, 0.2) is 0 Å². The minimum absolute atomic E-state index is 0.0788. The van der Waals surface area contributed by atoms with Crippen LogP contribution in [-0.4, -0.2) is 49.7 Å². The molecule has 1 heterocycles. The Morgan fingerprint density at radius 2 is 2.10 bits per heavy atom. The van der Waals surface area contributed by atoms with Crippen molar-refractivity contribution in [2.75, 3.05) is 13.1 Å². The van der Waals surface area contributed by atoms with Crippen LogP contribution in [0.2, 0.25) is 0 Å². The number of H-pyrrole nitrogens is 1. The van der Waals surface area contributed by atoms with E-state index in [2.05, 4.69) is 10.2 Å². The fourth-order valence-corrected chi connectivity index (χ4v) is 2.09. The Morgan fingerprint density at radius 1 is 1.48 bits per heavy atom. The predicted octanol–water partition coefficient (Wildman–Crippen LogP) is 1.50. The van der Waals surface area contributed by atoms with E-state index in [0.717, 1.165) is 0 Å². The Morgan fingerprint density at radius 3 is 2.52 bits per heavy atom. The zero-order valence-corrected chi connectivity index (χ0v) is 12.8. The minimum Gasteiger partial charge on any atom is -0.389 e. The lowest BCUT2D eigenvalue weighted by Crippen LogP contribution is -2.42. The van der Waals surface area contributed by atoms with Gasteiger partial charge < -0.3 is 10.0 Å². The van der Waals surface area contributed by atoms with Gasteiger partial charge in [-0.3, -0.25) is 20.0 Å². The highest BCUT2D eigenvalue weighted by atomic mass is 16.6. The van der Waals surface area contributed by atoms with E-state index in [4.69, 9.17) is 0 Å². The molecule has 0 unspecified atom stereocenters. The lowest BCUT2D eigenvalue weighted by molar-refractivity contribution is -0.385. The van der Waals surface area contributed by atoms with Gasteiger partial charge in [-0.25, -0.2) is 0 Å². The quantitative estimate of drug-likeness (QED) is 0.585. The number of aromatic amines is 1. The van der Waals surface area contributed by atoms with Gasteiger partial charge in [0.25, 0.3) is 5.91 Å². The van der Waals surface area contributed by atoms with Gasteiger partial charge in [0.1, 0.15) is 5.69 Å². The lowest BCUT2D eigenvalue weighted by atomic mass is 10.1. The third kappa shape index (κ3) is 4.25. The zero-order chi connectivity index (χ0) is 16.2. The maximum Gasteiger partial charge on any atom is 0.322 e. The molecule has 1 amide bonds. The number of aliphatic hydroxyl groups is 1. The molecule has 0 aliphatic carbocycles. The van der Waals surface area contributed by atoms with Gasteiger partial charge >= 0.3 is 5.69 Å². The SMILES string of the molecule is CCCc1[nH]nc(C(=O)N(CC)CC(C)(C)O)c1[N+](=O)[O-]. The van der Waals surface area contributed by atoms with Crippen LogP contribution in [0.5, 0.6) is 0 Å². The summed E-state index contributed by atoms with van der Waals surface area (Å²) in [5, 5.41) is 27.4. The largest absolute Gasteiger partial charge is 0.389 e. The highest BCUT2D eigenvalue weighted by Crippen LogP contribution is 2.24. The number of nitro groups is 1. The molecule has 0 aromatic carbocycles. The fraction of sp³-hybridized carbons (Fsp3) is 0.692. The number of aryl methyl sites for hydroxylation is 1. The molecule has 1 rings (SSSR count). The van der Waals surface area contributed by atoms with Crippen LogP contribution in [0.1, 0.15) is 50.3 Å². The van der Waals surface area contributed by atoms with Crippen molar-refractivity contribution in [2.24, 2.45) is 0 Å². The van der Waals surface area contributed by atoms with Gasteiger partial charge in [-0.1, -0.05) is 13.3 Å². The van der Waals surface area contributed by atoms with Crippen molar-refractivity contribution in [2.45, 2.75) is 46.1 Å². The summed E-state index contributed by atoms with van der Waals surface area (Å²) in [6.07, 6.45) is 1.16. The summed E-state index contributed by atoms with van der Waals surface area (Å²) in [7, 11) is 0. The number of nitrogens with zero attached hydrogens (tertiary/aromatic N) is 3. The number of nitrogens with one attached hydrogen (secondary N) is 1. The summed E-state index contributed by atoms with van der Waals surface area (Å²) in [4.78, 5) is 24.4. The van der Waals surface area contributed by atoms with Gasteiger partial charge in [-0.2, -0.15) is 5.10 Å². The number of hydrogen-bond acceptors (Lipinski definition) is 5. The summed E-state index contributed by atoms with van der Waals surface area (Å²) >= 11 is 0. The third-order valence-electron chi connectivity index (χ3n) is 2.94. The van der Waals surface area contributed by atoms with Crippen molar-refractivity contribution in [1.82, 2.24) is 15.1 Å². The Labute approximate surface area is 123 Å². The zero-order valence-electron chi connectivity index (χ0n) is 12.8. The van der Waals surface area contributed by atoms with Crippen molar-refractivity contribution in [3.8, 4) is 0 Å². The molecule has 0 radical (unpaired) electrons. The van der Waals surface area contributed by atoms with Gasteiger partial charge in [0.05, 0.1) is 10.5 Å². The van der Waals surface area contributed by atoms with E-state index in [9.17, 15) is 20.0 Å². The van der Waals surface area contributed by atoms with Crippen LogP contribution < -0.4 is 0 Å². The molecular weight excluding hydrogens is 276 g/mol. The molecule has 118 valence electrons. The second kappa shape index (κ2) is 6.66. The molecule has 0 saturated carbocycles. The third-order valence-corrected chi connectivity index (χ3v) is 2.94. The van der Waals surface area contributed by atoms with Crippen molar-refractivity contribution in [1.29, 1.82) is 0 Å². The molecule has 21 heavy (non-hydrogen) atoms. The van der Waals surface area contributed by atoms with Crippen LogP contribution >= 0.6 is 0 Å². The highest BCUT2D eigenvalue weighted by molar-refractivity contribution is 5.96.